The minimum Gasteiger partial charge on any atom is -0.444 e. The van der Waals surface area contributed by atoms with Gasteiger partial charge in [0.25, 0.3) is 0 Å². The second-order valence-corrected chi connectivity index (χ2v) is 7.31. The molecule has 6 heteroatoms. The van der Waals surface area contributed by atoms with Crippen LogP contribution in [0.3, 0.4) is 0 Å². The third kappa shape index (κ3) is 5.95. The molecule has 1 N–H and O–H groups in total. The van der Waals surface area contributed by atoms with Crippen LogP contribution in [0.15, 0.2) is 12.4 Å². The van der Waals surface area contributed by atoms with Gasteiger partial charge in [-0.1, -0.05) is 0 Å². The maximum Gasteiger partial charge on any atom is 0.410 e. The number of hydrogen-bond donors (Lipinski definition) is 1. The normalized spacial score (nSPS) is 12.1. The number of aromatic nitrogens is 2. The number of carbonyl (C=O) groups excluding carboxylic acids is 1. The molecule has 1 heterocycles. The Morgan fingerprint density at radius 1 is 1.32 bits per heavy atom. The van der Waals surface area contributed by atoms with E-state index in [1.165, 1.54) is 0 Å². The molecule has 0 aliphatic rings. The molecule has 0 fully saturated rings. The molecule has 0 spiro atoms. The Kier molecular flexibility index (Phi) is 5.85. The summed E-state index contributed by atoms with van der Waals surface area (Å²) in [4.78, 5) is 14.1. The summed E-state index contributed by atoms with van der Waals surface area (Å²) in [6.45, 7) is 15.7. The first-order valence-corrected chi connectivity index (χ1v) is 7.80. The van der Waals surface area contributed by atoms with Crippen LogP contribution < -0.4 is 5.32 Å². The van der Waals surface area contributed by atoms with E-state index < -0.39 is 5.60 Å². The summed E-state index contributed by atoms with van der Waals surface area (Å²) < 4.78 is 7.35. The summed E-state index contributed by atoms with van der Waals surface area (Å²) in [5.74, 6) is 0. The first-order valence-electron chi connectivity index (χ1n) is 7.80. The molecular weight excluding hydrogens is 280 g/mol. The fourth-order valence-corrected chi connectivity index (χ4v) is 1.96. The van der Waals surface area contributed by atoms with Crippen molar-refractivity contribution >= 4 is 11.8 Å². The summed E-state index contributed by atoms with van der Waals surface area (Å²) in [7, 11) is 0. The average Bonchev–Trinajstić information content (AvgIpc) is 2.78. The Bertz CT molecular complexity index is 483. The van der Waals surface area contributed by atoms with E-state index in [-0.39, 0.29) is 11.6 Å². The number of ether oxygens (including phenoxy) is 1. The molecule has 1 amide bonds. The Morgan fingerprint density at radius 3 is 2.41 bits per heavy atom. The number of amides is 1. The van der Waals surface area contributed by atoms with E-state index in [0.29, 0.717) is 13.1 Å². The predicted octanol–water partition coefficient (Wildman–Crippen LogP) is 3.35. The molecule has 0 unspecified atom stereocenters. The van der Waals surface area contributed by atoms with E-state index in [2.05, 4.69) is 10.4 Å². The largest absolute Gasteiger partial charge is 0.444 e. The zero-order chi connectivity index (χ0) is 17.0. The highest BCUT2D eigenvalue weighted by Gasteiger charge is 2.30. The van der Waals surface area contributed by atoms with E-state index in [1.54, 1.807) is 11.1 Å². The molecule has 1 aromatic heterocycles. The van der Waals surface area contributed by atoms with Crippen molar-refractivity contribution in [3.05, 3.63) is 12.4 Å². The van der Waals surface area contributed by atoms with Crippen molar-refractivity contribution < 1.29 is 9.53 Å². The van der Waals surface area contributed by atoms with Crippen LogP contribution in [0.5, 0.6) is 0 Å². The van der Waals surface area contributed by atoms with Gasteiger partial charge in [0, 0.05) is 31.4 Å². The molecule has 6 nitrogen and oxygen atoms in total. The van der Waals surface area contributed by atoms with Crippen LogP contribution >= 0.6 is 0 Å². The highest BCUT2D eigenvalue weighted by Crippen LogP contribution is 2.18. The van der Waals surface area contributed by atoms with Gasteiger partial charge in [-0.25, -0.2) is 4.79 Å². The van der Waals surface area contributed by atoms with Gasteiger partial charge < -0.3 is 15.0 Å². The zero-order valence-electron chi connectivity index (χ0n) is 14.9. The van der Waals surface area contributed by atoms with E-state index in [1.807, 2.05) is 59.3 Å². The summed E-state index contributed by atoms with van der Waals surface area (Å²) in [5, 5.41) is 7.50. The lowest BCUT2D eigenvalue weighted by Gasteiger charge is -2.36. The molecule has 0 saturated carbocycles. The molecule has 1 aromatic rings. The molecule has 0 saturated heterocycles. The van der Waals surface area contributed by atoms with Crippen LogP contribution in [0.2, 0.25) is 0 Å². The molecule has 0 radical (unpaired) electrons. The van der Waals surface area contributed by atoms with Crippen molar-refractivity contribution in [3.8, 4) is 0 Å². The van der Waals surface area contributed by atoms with E-state index in [4.69, 9.17) is 4.74 Å². The Morgan fingerprint density at radius 2 is 1.95 bits per heavy atom. The van der Waals surface area contributed by atoms with Crippen molar-refractivity contribution in [2.45, 2.75) is 66.2 Å². The first kappa shape index (κ1) is 18.3. The van der Waals surface area contributed by atoms with Crippen LogP contribution in [0, 0.1) is 0 Å². The monoisotopic (exact) mass is 310 g/mol. The molecule has 0 aliphatic heterocycles. The van der Waals surface area contributed by atoms with Gasteiger partial charge in [0.2, 0.25) is 0 Å². The van der Waals surface area contributed by atoms with Gasteiger partial charge in [-0.15, -0.1) is 0 Å². The van der Waals surface area contributed by atoms with Gasteiger partial charge in [-0.2, -0.15) is 5.10 Å². The highest BCUT2D eigenvalue weighted by atomic mass is 16.6. The van der Waals surface area contributed by atoms with Crippen molar-refractivity contribution in [2.24, 2.45) is 0 Å². The minimum absolute atomic E-state index is 0.286. The second-order valence-electron chi connectivity index (χ2n) is 7.31. The summed E-state index contributed by atoms with van der Waals surface area (Å²) in [5.41, 5.74) is 0.174. The number of hydrogen-bond acceptors (Lipinski definition) is 4. The lowest BCUT2D eigenvalue weighted by atomic mass is 10.1. The fourth-order valence-electron chi connectivity index (χ4n) is 1.96. The Balaban J connectivity index is 2.60. The van der Waals surface area contributed by atoms with Crippen LogP contribution in [-0.4, -0.2) is 45.0 Å². The average molecular weight is 310 g/mol. The summed E-state index contributed by atoms with van der Waals surface area (Å²) >= 11 is 0. The quantitative estimate of drug-likeness (QED) is 0.906. The highest BCUT2D eigenvalue weighted by molar-refractivity contribution is 5.69. The van der Waals surface area contributed by atoms with Gasteiger partial charge in [-0.3, -0.25) is 4.68 Å². The SMILES string of the molecule is CCn1cc(NCCN(C(=O)OC(C)(C)C)C(C)(C)C)cn1. The zero-order valence-corrected chi connectivity index (χ0v) is 14.9. The third-order valence-corrected chi connectivity index (χ3v) is 3.05. The van der Waals surface area contributed by atoms with E-state index >= 15 is 0 Å². The van der Waals surface area contributed by atoms with Gasteiger partial charge in [0.05, 0.1) is 11.9 Å². The van der Waals surface area contributed by atoms with E-state index in [0.717, 1.165) is 12.2 Å². The molecule has 0 aliphatic carbocycles. The molecule has 0 aromatic carbocycles. The summed E-state index contributed by atoms with van der Waals surface area (Å²) in [6, 6.07) is 0. The molecule has 0 atom stereocenters. The standard InChI is InChI=1S/C16H30N4O2/c1-8-19-12-13(11-18-19)17-9-10-20(15(2,3)4)14(21)22-16(5,6)7/h11-12,17H,8-10H2,1-7H3. The molecule has 1 rings (SSSR count). The maximum atomic E-state index is 12.4. The third-order valence-electron chi connectivity index (χ3n) is 3.05. The number of anilines is 1. The molecular formula is C16H30N4O2. The van der Waals surface area contributed by atoms with Crippen LogP contribution in [0.1, 0.15) is 48.5 Å². The molecule has 22 heavy (non-hydrogen) atoms. The number of nitrogens with zero attached hydrogens (tertiary/aromatic N) is 3. The van der Waals surface area contributed by atoms with Crippen molar-refractivity contribution in [3.63, 3.8) is 0 Å². The van der Waals surface area contributed by atoms with Gasteiger partial charge in [-0.05, 0) is 48.5 Å². The lowest BCUT2D eigenvalue weighted by molar-refractivity contribution is 0.00749. The van der Waals surface area contributed by atoms with E-state index in [9.17, 15) is 4.79 Å². The van der Waals surface area contributed by atoms with Crippen molar-refractivity contribution in [1.29, 1.82) is 0 Å². The minimum atomic E-state index is -0.490. The Hall–Kier alpha value is -1.72. The topological polar surface area (TPSA) is 59.4 Å². The maximum absolute atomic E-state index is 12.4. The smallest absolute Gasteiger partial charge is 0.410 e. The van der Waals surface area contributed by atoms with Gasteiger partial charge in [0.15, 0.2) is 0 Å². The number of rotatable bonds is 5. The van der Waals surface area contributed by atoms with Crippen LogP contribution in [-0.2, 0) is 11.3 Å². The first-order chi connectivity index (χ1) is 10.0. The molecule has 126 valence electrons. The van der Waals surface area contributed by atoms with Crippen LogP contribution in [0.25, 0.3) is 0 Å². The number of nitrogens with one attached hydrogen (secondary N) is 1. The molecule has 0 bridgehead atoms. The van der Waals surface area contributed by atoms with Crippen LogP contribution in [0.4, 0.5) is 10.5 Å². The Labute approximate surface area is 133 Å². The number of carbonyl (C=O) groups is 1. The number of aryl methyl sites for hydroxylation is 1. The van der Waals surface area contributed by atoms with Crippen molar-refractivity contribution in [1.82, 2.24) is 14.7 Å². The summed E-state index contributed by atoms with van der Waals surface area (Å²) in [6.07, 6.45) is 3.46. The van der Waals surface area contributed by atoms with Gasteiger partial charge in [0.1, 0.15) is 5.60 Å². The lowest BCUT2D eigenvalue weighted by Crippen LogP contribution is -2.49. The predicted molar refractivity (Wildman–Crippen MR) is 89.1 cm³/mol. The fraction of sp³-hybridized carbons (Fsp3) is 0.750. The van der Waals surface area contributed by atoms with Gasteiger partial charge >= 0.3 is 6.09 Å². The van der Waals surface area contributed by atoms with Crippen molar-refractivity contribution in [2.75, 3.05) is 18.4 Å². The second kappa shape index (κ2) is 7.03.